The Hall–Kier alpha value is -2.73. The predicted molar refractivity (Wildman–Crippen MR) is 98.9 cm³/mol. The van der Waals surface area contributed by atoms with Crippen LogP contribution in [-0.4, -0.2) is 17.6 Å². The highest BCUT2D eigenvalue weighted by Crippen LogP contribution is 2.24. The Labute approximate surface area is 155 Å². The number of ketones is 1. The van der Waals surface area contributed by atoms with Crippen LogP contribution in [0.5, 0.6) is 0 Å². The van der Waals surface area contributed by atoms with E-state index in [4.69, 9.17) is 11.6 Å². The van der Waals surface area contributed by atoms with Gasteiger partial charge >= 0.3 is 0 Å². The molecular formula is C19H18ClFN2O3. The van der Waals surface area contributed by atoms with E-state index in [1.54, 1.807) is 18.2 Å². The maximum absolute atomic E-state index is 13.2. The molecule has 0 saturated heterocycles. The van der Waals surface area contributed by atoms with Crippen LogP contribution < -0.4 is 10.6 Å². The Balaban J connectivity index is 2.13. The molecule has 0 aliphatic rings. The maximum Gasteiger partial charge on any atom is 0.239 e. The summed E-state index contributed by atoms with van der Waals surface area (Å²) >= 11 is 5.69. The fourth-order valence-electron chi connectivity index (χ4n) is 2.07. The molecule has 0 atom stereocenters. The van der Waals surface area contributed by atoms with E-state index in [0.29, 0.717) is 11.3 Å². The van der Waals surface area contributed by atoms with Crippen LogP contribution in [0.15, 0.2) is 42.5 Å². The lowest BCUT2D eigenvalue weighted by Gasteiger charge is -2.23. The number of carbonyl (C=O) groups is 3. The molecule has 0 saturated carbocycles. The van der Waals surface area contributed by atoms with E-state index in [1.807, 2.05) is 0 Å². The fourth-order valence-corrected chi connectivity index (χ4v) is 2.25. The molecule has 2 N–H and O–H groups in total. The minimum absolute atomic E-state index is 0.133. The van der Waals surface area contributed by atoms with E-state index in [0.717, 1.165) is 6.07 Å². The van der Waals surface area contributed by atoms with Gasteiger partial charge in [0.2, 0.25) is 11.8 Å². The van der Waals surface area contributed by atoms with Crippen molar-refractivity contribution < 1.29 is 18.8 Å². The van der Waals surface area contributed by atoms with E-state index in [2.05, 4.69) is 10.6 Å². The Kier molecular flexibility index (Phi) is 5.77. The molecule has 0 fully saturated rings. The zero-order chi connectivity index (χ0) is 19.5. The summed E-state index contributed by atoms with van der Waals surface area (Å²) in [5.74, 6) is -1.87. The molecule has 0 bridgehead atoms. The third-order valence-corrected chi connectivity index (χ3v) is 4.13. The van der Waals surface area contributed by atoms with Crippen molar-refractivity contribution in [2.75, 3.05) is 10.6 Å². The number of halogens is 2. The Morgan fingerprint density at radius 3 is 2.08 bits per heavy atom. The summed E-state index contributed by atoms with van der Waals surface area (Å²) in [5.41, 5.74) is -0.284. The van der Waals surface area contributed by atoms with Crippen molar-refractivity contribution >= 4 is 40.6 Å². The van der Waals surface area contributed by atoms with Gasteiger partial charge in [-0.3, -0.25) is 14.4 Å². The topological polar surface area (TPSA) is 75.3 Å². The number of nitrogens with one attached hydrogen (secondary N) is 2. The summed E-state index contributed by atoms with van der Waals surface area (Å²) in [5, 5.41) is 5.03. The first-order valence-corrected chi connectivity index (χ1v) is 8.18. The zero-order valence-electron chi connectivity index (χ0n) is 14.5. The maximum atomic E-state index is 13.2. The van der Waals surface area contributed by atoms with Gasteiger partial charge in [0.05, 0.1) is 5.02 Å². The number of anilines is 2. The van der Waals surface area contributed by atoms with E-state index >= 15 is 0 Å². The summed E-state index contributed by atoms with van der Waals surface area (Å²) in [4.78, 5) is 36.4. The lowest BCUT2D eigenvalue weighted by Crippen LogP contribution is -2.41. The fraction of sp³-hybridized carbons (Fsp3) is 0.211. The summed E-state index contributed by atoms with van der Waals surface area (Å²) in [6.45, 7) is 4.33. The second-order valence-electron chi connectivity index (χ2n) is 6.30. The molecule has 5 nitrogen and oxygen atoms in total. The van der Waals surface area contributed by atoms with Gasteiger partial charge in [0.15, 0.2) is 5.78 Å². The van der Waals surface area contributed by atoms with Gasteiger partial charge in [0.1, 0.15) is 11.2 Å². The third kappa shape index (κ3) is 4.46. The van der Waals surface area contributed by atoms with Crippen molar-refractivity contribution in [1.82, 2.24) is 0 Å². The van der Waals surface area contributed by atoms with Crippen molar-refractivity contribution in [3.63, 3.8) is 0 Å². The number of Topliss-reactive ketones (excluding diaryl/α,β-unsaturated/α-hetero) is 1. The van der Waals surface area contributed by atoms with E-state index in [9.17, 15) is 18.8 Å². The Morgan fingerprint density at radius 1 is 0.962 bits per heavy atom. The lowest BCUT2D eigenvalue weighted by atomic mass is 9.90. The molecule has 0 spiro atoms. The van der Waals surface area contributed by atoms with Crippen molar-refractivity contribution in [1.29, 1.82) is 0 Å². The molecule has 26 heavy (non-hydrogen) atoms. The number of carbonyl (C=O) groups excluding carboxylic acids is 3. The van der Waals surface area contributed by atoms with Gasteiger partial charge in [-0.1, -0.05) is 23.7 Å². The second kappa shape index (κ2) is 7.66. The van der Waals surface area contributed by atoms with E-state index < -0.39 is 23.0 Å². The first kappa shape index (κ1) is 19.6. The SMILES string of the molecule is CC(=O)c1cccc(NC(=O)C(C)(C)C(=O)Nc2ccc(F)c(Cl)c2)c1. The number of hydrogen-bond donors (Lipinski definition) is 2. The normalized spacial score (nSPS) is 11.0. The van der Waals surface area contributed by atoms with Crippen molar-refractivity contribution in [3.05, 3.63) is 58.9 Å². The smallest absolute Gasteiger partial charge is 0.239 e. The molecule has 2 aromatic rings. The Morgan fingerprint density at radius 2 is 1.54 bits per heavy atom. The second-order valence-corrected chi connectivity index (χ2v) is 6.71. The van der Waals surface area contributed by atoms with Gasteiger partial charge in [-0.15, -0.1) is 0 Å². The third-order valence-electron chi connectivity index (χ3n) is 3.84. The minimum atomic E-state index is -1.42. The predicted octanol–water partition coefficient (Wildman–Crippen LogP) is 4.29. The van der Waals surface area contributed by atoms with Gasteiger partial charge in [-0.25, -0.2) is 4.39 Å². The number of rotatable bonds is 5. The van der Waals surface area contributed by atoms with Gasteiger partial charge in [0, 0.05) is 16.9 Å². The van der Waals surface area contributed by atoms with Crippen molar-refractivity contribution in [2.45, 2.75) is 20.8 Å². The summed E-state index contributed by atoms with van der Waals surface area (Å²) in [6.07, 6.45) is 0. The highest BCUT2D eigenvalue weighted by atomic mass is 35.5. The first-order valence-electron chi connectivity index (χ1n) is 7.80. The molecule has 2 amide bonds. The van der Waals surface area contributed by atoms with Crippen LogP contribution in [0.3, 0.4) is 0 Å². The lowest BCUT2D eigenvalue weighted by molar-refractivity contribution is -0.135. The van der Waals surface area contributed by atoms with Crippen molar-refractivity contribution in [2.24, 2.45) is 5.41 Å². The molecule has 0 unspecified atom stereocenters. The summed E-state index contributed by atoms with van der Waals surface area (Å²) in [7, 11) is 0. The quantitative estimate of drug-likeness (QED) is 0.604. The highest BCUT2D eigenvalue weighted by Gasteiger charge is 2.36. The number of benzene rings is 2. The zero-order valence-corrected chi connectivity index (χ0v) is 15.3. The molecule has 7 heteroatoms. The average Bonchev–Trinajstić information content (AvgIpc) is 2.58. The molecule has 2 rings (SSSR count). The molecule has 2 aromatic carbocycles. The molecule has 0 radical (unpaired) electrons. The van der Waals surface area contributed by atoms with E-state index in [-0.39, 0.29) is 16.5 Å². The van der Waals surface area contributed by atoms with Gasteiger partial charge in [-0.2, -0.15) is 0 Å². The molecule has 136 valence electrons. The summed E-state index contributed by atoms with van der Waals surface area (Å²) in [6, 6.07) is 10.2. The van der Waals surface area contributed by atoms with Crippen LogP contribution in [0.2, 0.25) is 5.02 Å². The molecule has 0 aliphatic carbocycles. The Bertz CT molecular complexity index is 881. The first-order chi connectivity index (χ1) is 12.1. The number of amides is 2. The van der Waals surface area contributed by atoms with Crippen LogP contribution in [0, 0.1) is 11.2 Å². The van der Waals surface area contributed by atoms with E-state index in [1.165, 1.54) is 39.0 Å². The van der Waals surface area contributed by atoms with Crippen LogP contribution in [0.1, 0.15) is 31.1 Å². The van der Waals surface area contributed by atoms with Gasteiger partial charge in [0.25, 0.3) is 0 Å². The largest absolute Gasteiger partial charge is 0.325 e. The van der Waals surface area contributed by atoms with Gasteiger partial charge < -0.3 is 10.6 Å². The van der Waals surface area contributed by atoms with Crippen LogP contribution in [0.25, 0.3) is 0 Å². The average molecular weight is 377 g/mol. The molecule has 0 aromatic heterocycles. The van der Waals surface area contributed by atoms with Crippen LogP contribution >= 0.6 is 11.6 Å². The minimum Gasteiger partial charge on any atom is -0.325 e. The van der Waals surface area contributed by atoms with Crippen LogP contribution in [-0.2, 0) is 9.59 Å². The monoisotopic (exact) mass is 376 g/mol. The van der Waals surface area contributed by atoms with Crippen LogP contribution in [0.4, 0.5) is 15.8 Å². The highest BCUT2D eigenvalue weighted by molar-refractivity contribution is 6.31. The number of hydrogen-bond acceptors (Lipinski definition) is 3. The standard InChI is InChI=1S/C19H18ClFN2O3/c1-11(24)12-5-4-6-13(9-12)22-17(25)19(2,3)18(26)23-14-7-8-16(21)15(20)10-14/h4-10H,1-3H3,(H,22,25)(H,23,26). The molecule has 0 aliphatic heterocycles. The molecule has 0 heterocycles. The van der Waals surface area contributed by atoms with Gasteiger partial charge in [-0.05, 0) is 51.1 Å². The summed E-state index contributed by atoms with van der Waals surface area (Å²) < 4.78 is 13.2. The molecular weight excluding hydrogens is 359 g/mol. The van der Waals surface area contributed by atoms with Crippen molar-refractivity contribution in [3.8, 4) is 0 Å².